The first-order chi connectivity index (χ1) is 24.0. The van der Waals surface area contributed by atoms with Gasteiger partial charge in [0.15, 0.2) is 14.1 Å². The molecule has 2 aliphatic rings. The van der Waals surface area contributed by atoms with Gasteiger partial charge in [-0.05, 0) is 93.4 Å². The molecule has 0 unspecified atom stereocenters. The van der Waals surface area contributed by atoms with Crippen LogP contribution in [0.5, 0.6) is 11.5 Å². The maximum atomic E-state index is 13.3. The van der Waals surface area contributed by atoms with E-state index in [0.29, 0.717) is 74.2 Å². The summed E-state index contributed by atoms with van der Waals surface area (Å²) in [4.78, 5) is 26.1. The Hall–Kier alpha value is -3.22. The highest BCUT2D eigenvalue weighted by atomic mass is 28.4. The van der Waals surface area contributed by atoms with E-state index in [-0.39, 0.29) is 17.2 Å². The summed E-state index contributed by atoms with van der Waals surface area (Å²) in [6, 6.07) is 13.7. The molecule has 5 atom stereocenters. The maximum absolute atomic E-state index is 13.3. The molecule has 10 nitrogen and oxygen atoms in total. The molecular formula is C40H58O10Si. The Labute approximate surface area is 304 Å². The van der Waals surface area contributed by atoms with Crippen molar-refractivity contribution in [2.45, 2.75) is 134 Å². The minimum absolute atomic E-state index is 0.0573. The third-order valence-corrected chi connectivity index (χ3v) is 14.6. The van der Waals surface area contributed by atoms with Gasteiger partial charge in [0.1, 0.15) is 23.7 Å². The minimum Gasteiger partial charge on any atom is -0.497 e. The van der Waals surface area contributed by atoms with Gasteiger partial charge in [-0.15, -0.1) is 0 Å². The molecule has 0 amide bonds. The van der Waals surface area contributed by atoms with Crippen LogP contribution in [0.15, 0.2) is 60.2 Å². The topological polar surface area (TPSA) is 119 Å². The molecule has 2 aromatic carbocycles. The monoisotopic (exact) mass is 726 g/mol. The molecule has 1 saturated heterocycles. The molecule has 1 aliphatic carbocycles. The zero-order valence-corrected chi connectivity index (χ0v) is 32.9. The van der Waals surface area contributed by atoms with Crippen molar-refractivity contribution in [1.29, 1.82) is 0 Å². The van der Waals surface area contributed by atoms with E-state index in [1.54, 1.807) is 62.8 Å². The molecule has 0 radical (unpaired) electrons. The summed E-state index contributed by atoms with van der Waals surface area (Å²) in [5.74, 6) is -0.379. The van der Waals surface area contributed by atoms with Crippen molar-refractivity contribution in [3.63, 3.8) is 0 Å². The Morgan fingerprint density at radius 1 is 0.902 bits per heavy atom. The van der Waals surface area contributed by atoms with E-state index in [2.05, 4.69) is 39.9 Å². The minimum atomic E-state index is -2.01. The average Bonchev–Trinajstić information content (AvgIpc) is 3.22. The van der Waals surface area contributed by atoms with Gasteiger partial charge in [-0.2, -0.15) is 0 Å². The smallest absolute Gasteiger partial charge is 0.338 e. The van der Waals surface area contributed by atoms with Crippen LogP contribution in [0.4, 0.5) is 0 Å². The van der Waals surface area contributed by atoms with Crippen LogP contribution in [0.3, 0.4) is 0 Å². The lowest BCUT2D eigenvalue weighted by molar-refractivity contribution is -0.302. The van der Waals surface area contributed by atoms with Gasteiger partial charge in [0.2, 0.25) is 0 Å². The Morgan fingerprint density at radius 3 is 2.04 bits per heavy atom. The van der Waals surface area contributed by atoms with E-state index >= 15 is 0 Å². The molecule has 2 aromatic rings. The van der Waals surface area contributed by atoms with Crippen LogP contribution >= 0.6 is 0 Å². The fraction of sp³-hybridized carbons (Fsp3) is 0.600. The average molecular weight is 727 g/mol. The highest BCUT2D eigenvalue weighted by Gasteiger charge is 2.39. The number of ether oxygens (including phenoxy) is 6. The van der Waals surface area contributed by atoms with E-state index in [1.165, 1.54) is 0 Å². The highest BCUT2D eigenvalue weighted by Crippen LogP contribution is 2.38. The Kier molecular flexibility index (Phi) is 13.9. The molecule has 0 bridgehead atoms. The number of aliphatic hydroxyl groups is 1. The quantitative estimate of drug-likeness (QED) is 0.116. The molecular weight excluding hydrogens is 669 g/mol. The molecule has 4 rings (SSSR count). The number of benzene rings is 2. The molecule has 51 heavy (non-hydrogen) atoms. The van der Waals surface area contributed by atoms with Gasteiger partial charge in [0.25, 0.3) is 0 Å². The van der Waals surface area contributed by atoms with Gasteiger partial charge in [0, 0.05) is 38.7 Å². The number of hydrogen-bond acceptors (Lipinski definition) is 10. The van der Waals surface area contributed by atoms with Gasteiger partial charge in [-0.1, -0.05) is 32.4 Å². The van der Waals surface area contributed by atoms with Gasteiger partial charge >= 0.3 is 11.9 Å². The summed E-state index contributed by atoms with van der Waals surface area (Å²) in [5, 5.41) is 11.0. The van der Waals surface area contributed by atoms with E-state index in [1.807, 2.05) is 13.8 Å². The molecule has 1 N–H and O–H groups in total. The summed E-state index contributed by atoms with van der Waals surface area (Å²) < 4.78 is 41.6. The predicted molar refractivity (Wildman–Crippen MR) is 198 cm³/mol. The second-order valence-corrected chi connectivity index (χ2v) is 20.5. The molecule has 282 valence electrons. The van der Waals surface area contributed by atoms with Gasteiger partial charge in [0.05, 0.1) is 43.7 Å². The Balaban J connectivity index is 1.41. The van der Waals surface area contributed by atoms with Crippen LogP contribution in [0.2, 0.25) is 18.1 Å². The largest absolute Gasteiger partial charge is 0.497 e. The molecule has 0 saturated carbocycles. The number of hydrogen-bond donors (Lipinski definition) is 1. The standard InChI is InChI=1S/C40H58O10Si/c1-39(2,3)51(8,9)46-21-20-34(48-38(43)29-13-18-32(45-7)19-14-29)25-36-26-35(49-40(4,5)50-36)23-27-10-15-33(24-30(41)22-27)47-37(42)28-11-16-31(44-6)17-12-28/h10-14,16-19,30,33-36,41H,15,20-26H2,1-9H3/t30-,33+,34-,35-,36-/m1/s1. The number of esters is 2. The van der Waals surface area contributed by atoms with Crippen LogP contribution in [0.25, 0.3) is 0 Å². The first-order valence-electron chi connectivity index (χ1n) is 18.0. The molecule has 11 heteroatoms. The summed E-state index contributed by atoms with van der Waals surface area (Å²) in [7, 11) is 1.15. The second-order valence-electron chi connectivity index (χ2n) is 15.7. The first-order valence-corrected chi connectivity index (χ1v) is 20.9. The zero-order chi connectivity index (χ0) is 37.4. The number of carbonyl (C=O) groups excluding carboxylic acids is 2. The zero-order valence-electron chi connectivity index (χ0n) is 31.9. The third-order valence-electron chi connectivity index (χ3n) is 10.1. The number of rotatable bonds is 14. The molecule has 0 aromatic heterocycles. The second kappa shape index (κ2) is 17.5. The lowest BCUT2D eigenvalue weighted by atomic mass is 9.94. The third kappa shape index (κ3) is 12.2. The predicted octanol–water partition coefficient (Wildman–Crippen LogP) is 8.03. The molecule has 1 fully saturated rings. The summed E-state index contributed by atoms with van der Waals surface area (Å²) >= 11 is 0. The van der Waals surface area contributed by atoms with Gasteiger partial charge in [-0.25, -0.2) is 9.59 Å². The SMILES string of the molecule is COc1ccc(C(=O)O[C@H](CCO[Si](C)(C)C(C)(C)C)C[C@@H]2C[C@@H](CC3=CC[C@H](OC(=O)c4ccc(OC)cc4)C[C@H](O)C3)OC(C)(C)O2)cc1. The van der Waals surface area contributed by atoms with Crippen molar-refractivity contribution in [2.24, 2.45) is 0 Å². The molecule has 1 heterocycles. The Bertz CT molecular complexity index is 1460. The Morgan fingerprint density at radius 2 is 1.47 bits per heavy atom. The lowest BCUT2D eigenvalue weighted by Crippen LogP contribution is -2.46. The van der Waals surface area contributed by atoms with Crippen LogP contribution < -0.4 is 9.47 Å². The number of carbonyl (C=O) groups is 2. The maximum Gasteiger partial charge on any atom is 0.338 e. The van der Waals surface area contributed by atoms with Crippen LogP contribution in [-0.4, -0.2) is 82.5 Å². The van der Waals surface area contributed by atoms with Crippen molar-refractivity contribution in [3.05, 3.63) is 71.3 Å². The molecule has 1 aliphatic heterocycles. The summed E-state index contributed by atoms with van der Waals surface area (Å²) in [5.41, 5.74) is 1.93. The van der Waals surface area contributed by atoms with Crippen LogP contribution in [-0.2, 0) is 23.4 Å². The highest BCUT2D eigenvalue weighted by molar-refractivity contribution is 6.74. The van der Waals surface area contributed by atoms with Crippen molar-refractivity contribution < 1.29 is 47.5 Å². The van der Waals surface area contributed by atoms with Crippen molar-refractivity contribution in [3.8, 4) is 11.5 Å². The summed E-state index contributed by atoms with van der Waals surface area (Å²) in [6.45, 7) is 15.3. The normalized spacial score (nSPS) is 23.0. The summed E-state index contributed by atoms with van der Waals surface area (Å²) in [6.07, 6.45) is 3.64. The fourth-order valence-electron chi connectivity index (χ4n) is 6.28. The van der Waals surface area contributed by atoms with Crippen LogP contribution in [0.1, 0.15) is 100 Å². The lowest BCUT2D eigenvalue weighted by Gasteiger charge is -2.42. The van der Waals surface area contributed by atoms with Crippen molar-refractivity contribution >= 4 is 20.3 Å². The van der Waals surface area contributed by atoms with Gasteiger partial charge < -0.3 is 38.0 Å². The van der Waals surface area contributed by atoms with E-state index in [9.17, 15) is 14.7 Å². The van der Waals surface area contributed by atoms with E-state index < -0.39 is 44.4 Å². The van der Waals surface area contributed by atoms with Crippen molar-refractivity contribution in [2.75, 3.05) is 20.8 Å². The number of methoxy groups -OCH3 is 2. The van der Waals surface area contributed by atoms with Crippen molar-refractivity contribution in [1.82, 2.24) is 0 Å². The fourth-order valence-corrected chi connectivity index (χ4v) is 7.35. The number of aliphatic hydroxyl groups excluding tert-OH is 1. The molecule has 0 spiro atoms. The van der Waals surface area contributed by atoms with E-state index in [0.717, 1.165) is 5.57 Å². The van der Waals surface area contributed by atoms with E-state index in [4.69, 9.17) is 32.8 Å². The van der Waals surface area contributed by atoms with Crippen LogP contribution in [0, 0.1) is 0 Å². The first kappa shape index (κ1) is 40.5. The van der Waals surface area contributed by atoms with Gasteiger partial charge in [-0.3, -0.25) is 0 Å².